The third-order valence-electron chi connectivity index (χ3n) is 7.08. The molecule has 0 amide bonds. The van der Waals surface area contributed by atoms with Gasteiger partial charge in [0.05, 0.1) is 12.5 Å². The molecule has 0 aromatic heterocycles. The first-order valence-corrected chi connectivity index (χ1v) is 8.92. The van der Waals surface area contributed by atoms with Crippen molar-refractivity contribution in [1.29, 1.82) is 0 Å². The van der Waals surface area contributed by atoms with Gasteiger partial charge in [0, 0.05) is 12.0 Å². The van der Waals surface area contributed by atoms with E-state index < -0.39 is 0 Å². The first-order valence-electron chi connectivity index (χ1n) is 8.92. The Kier molecular flexibility index (Phi) is 3.33. The quantitative estimate of drug-likeness (QED) is 0.809. The minimum Gasteiger partial charge on any atom is -0.465 e. The predicted molar refractivity (Wildman–Crippen MR) is 79.6 cm³/mol. The number of hydrogen-bond donors (Lipinski definition) is 1. The highest BCUT2D eigenvalue weighted by Gasteiger charge is 2.63. The highest BCUT2D eigenvalue weighted by atomic mass is 16.5. The molecule has 3 nitrogen and oxygen atoms in total. The smallest absolute Gasteiger partial charge is 0.308 e. The second-order valence-corrected chi connectivity index (χ2v) is 8.55. The largest absolute Gasteiger partial charge is 0.465 e. The Labute approximate surface area is 127 Å². The average Bonchev–Trinajstić information content (AvgIpc) is 2.89. The standard InChI is InChI=1S/C18H28O3/c19-11-18-8-13-6-15(18)9-17(7-13,10-18)12-21-16(20)14-4-2-1-3-5-14/h13-15,19H,1-12H2. The molecule has 0 saturated heterocycles. The topological polar surface area (TPSA) is 46.5 Å². The molecule has 5 aliphatic rings. The molecule has 4 bridgehead atoms. The second kappa shape index (κ2) is 4.97. The van der Waals surface area contributed by atoms with Gasteiger partial charge in [0.15, 0.2) is 0 Å². The van der Waals surface area contributed by atoms with Gasteiger partial charge in [-0.3, -0.25) is 4.79 Å². The molecular formula is C18H28O3. The molecule has 5 aliphatic carbocycles. The predicted octanol–water partition coefficient (Wildman–Crippen LogP) is 3.30. The molecule has 5 fully saturated rings. The fraction of sp³-hybridized carbons (Fsp3) is 0.944. The first-order chi connectivity index (χ1) is 10.1. The summed E-state index contributed by atoms with van der Waals surface area (Å²) in [4.78, 5) is 12.3. The van der Waals surface area contributed by atoms with Gasteiger partial charge in [0.25, 0.3) is 0 Å². The summed E-state index contributed by atoms with van der Waals surface area (Å²) in [5.41, 5.74) is 0.388. The summed E-state index contributed by atoms with van der Waals surface area (Å²) in [6.45, 7) is 0.962. The van der Waals surface area contributed by atoms with Gasteiger partial charge in [-0.25, -0.2) is 0 Å². The van der Waals surface area contributed by atoms with Crippen LogP contribution in [0.25, 0.3) is 0 Å². The molecule has 0 radical (unpaired) electrons. The third-order valence-corrected chi connectivity index (χ3v) is 7.08. The lowest BCUT2D eigenvalue weighted by atomic mass is 9.67. The lowest BCUT2D eigenvalue weighted by Gasteiger charge is -2.40. The summed E-state index contributed by atoms with van der Waals surface area (Å²) in [6, 6.07) is 0. The van der Waals surface area contributed by atoms with Crippen molar-refractivity contribution in [3.8, 4) is 0 Å². The van der Waals surface area contributed by atoms with Crippen LogP contribution < -0.4 is 0 Å². The first kappa shape index (κ1) is 14.0. The Morgan fingerprint density at radius 1 is 1.14 bits per heavy atom. The molecule has 0 aromatic rings. The average molecular weight is 292 g/mol. The number of aliphatic hydroxyl groups excluding tert-OH is 1. The van der Waals surface area contributed by atoms with E-state index in [2.05, 4.69) is 0 Å². The summed E-state index contributed by atoms with van der Waals surface area (Å²) in [6.07, 6.45) is 11.7. The maximum absolute atomic E-state index is 12.3. The number of hydrogen-bond acceptors (Lipinski definition) is 3. The SMILES string of the molecule is O=C(OCC12CC3CC(C1)C(CO)(C3)C2)C1CCCCC1. The highest BCUT2D eigenvalue weighted by molar-refractivity contribution is 5.72. The number of esters is 1. The molecule has 1 N–H and O–H groups in total. The molecule has 0 aromatic carbocycles. The van der Waals surface area contributed by atoms with Gasteiger partial charge in [-0.2, -0.15) is 0 Å². The summed E-state index contributed by atoms with van der Waals surface area (Å²) in [5.74, 6) is 1.69. The van der Waals surface area contributed by atoms with E-state index in [1.54, 1.807) is 0 Å². The lowest BCUT2D eigenvalue weighted by Crippen LogP contribution is -2.36. The molecule has 0 spiro atoms. The number of ether oxygens (including phenoxy) is 1. The van der Waals surface area contributed by atoms with Crippen molar-refractivity contribution >= 4 is 5.97 Å². The maximum Gasteiger partial charge on any atom is 0.308 e. The monoisotopic (exact) mass is 292 g/mol. The number of aliphatic hydroxyl groups is 1. The van der Waals surface area contributed by atoms with Gasteiger partial charge >= 0.3 is 5.97 Å². The Morgan fingerprint density at radius 2 is 1.95 bits per heavy atom. The molecular weight excluding hydrogens is 264 g/mol. The Balaban J connectivity index is 1.38. The van der Waals surface area contributed by atoms with Crippen LogP contribution in [0, 0.1) is 28.6 Å². The Bertz CT molecular complexity index is 428. The van der Waals surface area contributed by atoms with Crippen LogP contribution in [0.3, 0.4) is 0 Å². The van der Waals surface area contributed by atoms with E-state index in [1.807, 2.05) is 0 Å². The van der Waals surface area contributed by atoms with E-state index in [1.165, 1.54) is 44.9 Å². The zero-order valence-electron chi connectivity index (χ0n) is 13.0. The zero-order chi connectivity index (χ0) is 14.5. The molecule has 0 aliphatic heterocycles. The molecule has 4 unspecified atom stereocenters. The van der Waals surface area contributed by atoms with E-state index in [9.17, 15) is 9.90 Å². The van der Waals surface area contributed by atoms with Crippen molar-refractivity contribution in [3.05, 3.63) is 0 Å². The van der Waals surface area contributed by atoms with E-state index in [0.717, 1.165) is 25.2 Å². The number of rotatable bonds is 4. The van der Waals surface area contributed by atoms with Crippen molar-refractivity contribution in [2.45, 2.75) is 64.2 Å². The molecule has 21 heavy (non-hydrogen) atoms. The van der Waals surface area contributed by atoms with Crippen molar-refractivity contribution < 1.29 is 14.6 Å². The van der Waals surface area contributed by atoms with Crippen molar-refractivity contribution in [2.75, 3.05) is 13.2 Å². The highest BCUT2D eigenvalue weighted by Crippen LogP contribution is 2.70. The van der Waals surface area contributed by atoms with Gasteiger partial charge in [0.1, 0.15) is 0 Å². The van der Waals surface area contributed by atoms with Crippen LogP contribution in [-0.2, 0) is 9.53 Å². The molecule has 4 atom stereocenters. The van der Waals surface area contributed by atoms with E-state index in [0.29, 0.717) is 19.1 Å². The molecule has 0 heterocycles. The second-order valence-electron chi connectivity index (χ2n) is 8.55. The van der Waals surface area contributed by atoms with Crippen LogP contribution in [0.2, 0.25) is 0 Å². The molecule has 5 rings (SSSR count). The summed E-state index contributed by atoms with van der Waals surface area (Å²) < 4.78 is 5.78. The Morgan fingerprint density at radius 3 is 2.67 bits per heavy atom. The third kappa shape index (κ3) is 2.23. The zero-order valence-corrected chi connectivity index (χ0v) is 13.0. The van der Waals surface area contributed by atoms with E-state index in [4.69, 9.17) is 4.74 Å². The number of carbonyl (C=O) groups is 1. The van der Waals surface area contributed by atoms with Gasteiger partial charge in [-0.15, -0.1) is 0 Å². The fourth-order valence-electron chi connectivity index (χ4n) is 6.36. The Hall–Kier alpha value is -0.570. The van der Waals surface area contributed by atoms with Gasteiger partial charge in [-0.1, -0.05) is 19.3 Å². The molecule has 5 saturated carbocycles. The van der Waals surface area contributed by atoms with Crippen LogP contribution in [0.5, 0.6) is 0 Å². The fourth-order valence-corrected chi connectivity index (χ4v) is 6.36. The minimum atomic E-state index is 0.0600. The number of carbonyl (C=O) groups excluding carboxylic acids is 1. The van der Waals surface area contributed by atoms with Crippen LogP contribution in [0.1, 0.15) is 64.2 Å². The van der Waals surface area contributed by atoms with Crippen LogP contribution in [-0.4, -0.2) is 24.3 Å². The van der Waals surface area contributed by atoms with Gasteiger partial charge < -0.3 is 9.84 Å². The van der Waals surface area contributed by atoms with Crippen molar-refractivity contribution in [1.82, 2.24) is 0 Å². The van der Waals surface area contributed by atoms with Crippen molar-refractivity contribution in [2.24, 2.45) is 28.6 Å². The maximum atomic E-state index is 12.3. The minimum absolute atomic E-state index is 0.0600. The van der Waals surface area contributed by atoms with Crippen LogP contribution in [0.4, 0.5) is 0 Å². The van der Waals surface area contributed by atoms with Gasteiger partial charge in [0.2, 0.25) is 0 Å². The summed E-state index contributed by atoms with van der Waals surface area (Å²) >= 11 is 0. The van der Waals surface area contributed by atoms with E-state index in [-0.39, 0.29) is 22.7 Å². The lowest BCUT2D eigenvalue weighted by molar-refractivity contribution is -0.155. The summed E-state index contributed by atoms with van der Waals surface area (Å²) in [5, 5.41) is 9.85. The van der Waals surface area contributed by atoms with Crippen LogP contribution in [0.15, 0.2) is 0 Å². The molecule has 3 heteroatoms. The normalized spacial score (nSPS) is 45.2. The summed E-state index contributed by atoms with van der Waals surface area (Å²) in [7, 11) is 0. The van der Waals surface area contributed by atoms with Gasteiger partial charge in [-0.05, 0) is 62.2 Å². The molecule has 118 valence electrons. The van der Waals surface area contributed by atoms with E-state index >= 15 is 0 Å². The van der Waals surface area contributed by atoms with Crippen molar-refractivity contribution in [3.63, 3.8) is 0 Å². The van der Waals surface area contributed by atoms with Crippen LogP contribution >= 0.6 is 0 Å².